The molecule has 2 rings (SSSR count). The molecule has 1 N–H and O–H groups in total. The second-order valence-electron chi connectivity index (χ2n) is 4.04. The van der Waals surface area contributed by atoms with Gasteiger partial charge in [-0.15, -0.1) is 0 Å². The van der Waals surface area contributed by atoms with Crippen molar-refractivity contribution < 1.29 is 0 Å². The summed E-state index contributed by atoms with van der Waals surface area (Å²) in [5, 5.41) is 16.7. The van der Waals surface area contributed by atoms with Crippen LogP contribution in [0.1, 0.15) is 16.8 Å². The van der Waals surface area contributed by atoms with E-state index in [1.165, 1.54) is 0 Å². The Balaban J connectivity index is 2.09. The fourth-order valence-electron chi connectivity index (χ4n) is 1.63. The number of hydrogen-bond donors (Lipinski definition) is 1. The lowest BCUT2D eigenvalue weighted by Gasteiger charge is -2.07. The van der Waals surface area contributed by atoms with Crippen molar-refractivity contribution in [2.24, 2.45) is 7.05 Å². The number of aromatic nitrogens is 2. The van der Waals surface area contributed by atoms with E-state index >= 15 is 0 Å². The third-order valence-electron chi connectivity index (χ3n) is 2.91. The van der Waals surface area contributed by atoms with Crippen LogP contribution in [-0.4, -0.2) is 9.78 Å². The van der Waals surface area contributed by atoms with Crippen molar-refractivity contribution in [1.29, 1.82) is 5.26 Å². The average Bonchev–Trinajstić information content (AvgIpc) is 2.68. The fourth-order valence-corrected chi connectivity index (χ4v) is 1.85. The smallest absolute Gasteiger partial charge is 0.101 e. The van der Waals surface area contributed by atoms with Crippen molar-refractivity contribution in [3.63, 3.8) is 0 Å². The molecule has 0 radical (unpaired) electrons. The zero-order valence-electron chi connectivity index (χ0n) is 10.2. The Kier molecular flexibility index (Phi) is 3.54. The molecule has 0 unspecified atom stereocenters. The molecule has 1 aromatic carbocycles. The van der Waals surface area contributed by atoms with E-state index in [-0.39, 0.29) is 0 Å². The number of hydrogen-bond acceptors (Lipinski definition) is 3. The van der Waals surface area contributed by atoms with Crippen molar-refractivity contribution in [3.05, 3.63) is 46.2 Å². The third-order valence-corrected chi connectivity index (χ3v) is 3.22. The number of anilines is 1. The molecule has 92 valence electrons. The van der Waals surface area contributed by atoms with E-state index in [9.17, 15) is 0 Å². The first-order valence-electron chi connectivity index (χ1n) is 5.53. The highest BCUT2D eigenvalue weighted by molar-refractivity contribution is 6.32. The van der Waals surface area contributed by atoms with Gasteiger partial charge in [-0.3, -0.25) is 4.68 Å². The molecule has 5 heteroatoms. The Morgan fingerprint density at radius 1 is 1.50 bits per heavy atom. The summed E-state index contributed by atoms with van der Waals surface area (Å²) < 4.78 is 1.84. The maximum absolute atomic E-state index is 8.79. The molecule has 1 aromatic heterocycles. The predicted molar refractivity (Wildman–Crippen MR) is 71.4 cm³/mol. The van der Waals surface area contributed by atoms with E-state index in [0.29, 0.717) is 17.1 Å². The first-order valence-corrected chi connectivity index (χ1v) is 5.90. The van der Waals surface area contributed by atoms with E-state index in [2.05, 4.69) is 10.4 Å². The van der Waals surface area contributed by atoms with Gasteiger partial charge in [-0.1, -0.05) is 11.6 Å². The molecule has 0 aliphatic carbocycles. The Labute approximate surface area is 111 Å². The molecule has 18 heavy (non-hydrogen) atoms. The van der Waals surface area contributed by atoms with Crippen molar-refractivity contribution in [2.75, 3.05) is 5.32 Å². The van der Waals surface area contributed by atoms with Crippen molar-refractivity contribution in [2.45, 2.75) is 13.5 Å². The molecule has 0 atom stereocenters. The summed E-state index contributed by atoms with van der Waals surface area (Å²) in [6, 6.07) is 7.34. The van der Waals surface area contributed by atoms with Crippen molar-refractivity contribution in [3.8, 4) is 6.07 Å². The maximum atomic E-state index is 8.79. The predicted octanol–water partition coefficient (Wildman–Crippen LogP) is 2.87. The lowest BCUT2D eigenvalue weighted by atomic mass is 10.2. The van der Waals surface area contributed by atoms with Gasteiger partial charge in [-0.2, -0.15) is 10.4 Å². The monoisotopic (exact) mass is 260 g/mol. The van der Waals surface area contributed by atoms with Crippen LogP contribution in [0.3, 0.4) is 0 Å². The number of nitriles is 1. The molecule has 0 aliphatic heterocycles. The summed E-state index contributed by atoms with van der Waals surface area (Å²) in [6.45, 7) is 2.71. The molecule has 1 heterocycles. The largest absolute Gasteiger partial charge is 0.381 e. The Morgan fingerprint density at radius 2 is 2.28 bits per heavy atom. The van der Waals surface area contributed by atoms with Crippen LogP contribution in [0, 0.1) is 18.3 Å². The van der Waals surface area contributed by atoms with Gasteiger partial charge in [0.25, 0.3) is 0 Å². The highest BCUT2D eigenvalue weighted by Gasteiger charge is 2.04. The Morgan fingerprint density at radius 3 is 2.83 bits per heavy atom. The number of aryl methyl sites for hydroxylation is 1. The summed E-state index contributed by atoms with van der Waals surface area (Å²) in [6.07, 6.45) is 1.84. The van der Waals surface area contributed by atoms with Crippen LogP contribution >= 0.6 is 11.6 Å². The summed E-state index contributed by atoms with van der Waals surface area (Å²) in [7, 11) is 1.91. The van der Waals surface area contributed by atoms with E-state index in [1.54, 1.807) is 12.1 Å². The van der Waals surface area contributed by atoms with Crippen LogP contribution in [0.2, 0.25) is 5.02 Å². The summed E-state index contributed by atoms with van der Waals surface area (Å²) >= 11 is 5.97. The SMILES string of the molecule is Cc1c(CNc2ccc(C#N)c(Cl)c2)cnn1C. The van der Waals surface area contributed by atoms with Gasteiger partial charge in [0, 0.05) is 30.5 Å². The molecule has 0 spiro atoms. The van der Waals surface area contributed by atoms with Gasteiger partial charge >= 0.3 is 0 Å². The quantitative estimate of drug-likeness (QED) is 0.923. The van der Waals surface area contributed by atoms with Crippen molar-refractivity contribution >= 4 is 17.3 Å². The summed E-state index contributed by atoms with van der Waals surface area (Å²) in [4.78, 5) is 0. The number of benzene rings is 1. The van der Waals surface area contributed by atoms with Crippen LogP contribution in [0.4, 0.5) is 5.69 Å². The lowest BCUT2D eigenvalue weighted by molar-refractivity contribution is 0.738. The van der Waals surface area contributed by atoms with Crippen LogP contribution in [0.25, 0.3) is 0 Å². The zero-order chi connectivity index (χ0) is 13.1. The van der Waals surface area contributed by atoms with Gasteiger partial charge in [0.05, 0.1) is 16.8 Å². The first-order chi connectivity index (χ1) is 8.61. The highest BCUT2D eigenvalue weighted by Crippen LogP contribution is 2.20. The van der Waals surface area contributed by atoms with Gasteiger partial charge < -0.3 is 5.32 Å². The van der Waals surface area contributed by atoms with Crippen LogP contribution in [0.15, 0.2) is 24.4 Å². The number of halogens is 1. The second kappa shape index (κ2) is 5.11. The standard InChI is InChI=1S/C13H13ClN4/c1-9-11(8-17-18(9)2)7-16-12-4-3-10(6-15)13(14)5-12/h3-5,8,16H,7H2,1-2H3. The number of nitrogens with zero attached hydrogens (tertiary/aromatic N) is 3. The van der Waals surface area contributed by atoms with Gasteiger partial charge in [-0.05, 0) is 25.1 Å². The molecular formula is C13H13ClN4. The normalized spacial score (nSPS) is 10.1. The average molecular weight is 261 g/mol. The molecule has 0 fully saturated rings. The van der Waals surface area contributed by atoms with E-state index in [0.717, 1.165) is 16.9 Å². The molecule has 0 saturated heterocycles. The minimum Gasteiger partial charge on any atom is -0.381 e. The maximum Gasteiger partial charge on any atom is 0.101 e. The topological polar surface area (TPSA) is 53.6 Å². The van der Waals surface area contributed by atoms with Crippen molar-refractivity contribution in [1.82, 2.24) is 9.78 Å². The molecule has 4 nitrogen and oxygen atoms in total. The van der Waals surface area contributed by atoms with Crippen LogP contribution < -0.4 is 5.32 Å². The van der Waals surface area contributed by atoms with Gasteiger partial charge in [-0.25, -0.2) is 0 Å². The minimum absolute atomic E-state index is 0.463. The van der Waals surface area contributed by atoms with E-state index in [4.69, 9.17) is 16.9 Å². The molecular weight excluding hydrogens is 248 g/mol. The van der Waals surface area contributed by atoms with Gasteiger partial charge in [0.1, 0.15) is 6.07 Å². The summed E-state index contributed by atoms with van der Waals surface area (Å²) in [5.41, 5.74) is 3.64. The zero-order valence-corrected chi connectivity index (χ0v) is 11.0. The van der Waals surface area contributed by atoms with Crippen LogP contribution in [0.5, 0.6) is 0 Å². The molecule has 0 bridgehead atoms. The van der Waals surface area contributed by atoms with Gasteiger partial charge in [0.2, 0.25) is 0 Å². The number of nitrogens with one attached hydrogen (secondary N) is 1. The lowest BCUT2D eigenvalue weighted by Crippen LogP contribution is -2.01. The molecule has 0 saturated carbocycles. The summed E-state index contributed by atoms with van der Waals surface area (Å²) in [5.74, 6) is 0. The van der Waals surface area contributed by atoms with Crippen LogP contribution in [-0.2, 0) is 13.6 Å². The van der Waals surface area contributed by atoms with E-state index in [1.807, 2.05) is 37.0 Å². The molecule has 0 amide bonds. The molecule has 2 aromatic rings. The number of rotatable bonds is 3. The van der Waals surface area contributed by atoms with E-state index < -0.39 is 0 Å². The first kappa shape index (κ1) is 12.5. The highest BCUT2D eigenvalue weighted by atomic mass is 35.5. The fraction of sp³-hybridized carbons (Fsp3) is 0.231. The minimum atomic E-state index is 0.463. The second-order valence-corrected chi connectivity index (χ2v) is 4.45. The molecule has 0 aliphatic rings. The Bertz CT molecular complexity index is 610. The van der Waals surface area contributed by atoms with Gasteiger partial charge in [0.15, 0.2) is 0 Å². The Hall–Kier alpha value is -1.99. The third kappa shape index (κ3) is 2.47.